The van der Waals surface area contributed by atoms with E-state index >= 15 is 0 Å². The second kappa shape index (κ2) is 3.80. The van der Waals surface area contributed by atoms with Gasteiger partial charge in [0.05, 0.1) is 5.69 Å². The van der Waals surface area contributed by atoms with Crippen molar-refractivity contribution in [3.05, 3.63) is 47.0 Å². The fourth-order valence-corrected chi connectivity index (χ4v) is 1.78. The highest BCUT2D eigenvalue weighted by molar-refractivity contribution is 7.71. The topological polar surface area (TPSA) is 20.7 Å². The van der Waals surface area contributed by atoms with Crippen LogP contribution in [-0.2, 0) is 6.42 Å². The Hall–Kier alpha value is -1.35. The number of para-hydroxylation sites is 1. The average molecular weight is 204 g/mol. The number of rotatable bonds is 2. The van der Waals surface area contributed by atoms with E-state index in [4.69, 9.17) is 12.2 Å². The summed E-state index contributed by atoms with van der Waals surface area (Å²) in [6.45, 7) is 2.15. The molecule has 2 aromatic rings. The van der Waals surface area contributed by atoms with E-state index in [0.717, 1.165) is 11.2 Å². The molecule has 0 radical (unpaired) electrons. The first-order chi connectivity index (χ1) is 6.83. The third kappa shape index (κ3) is 1.51. The van der Waals surface area contributed by atoms with Gasteiger partial charge in [-0.1, -0.05) is 25.1 Å². The molecule has 0 spiro atoms. The molecule has 2 nitrogen and oxygen atoms in total. The predicted molar refractivity (Wildman–Crippen MR) is 60.3 cm³/mol. The largest absolute Gasteiger partial charge is 0.337 e. The van der Waals surface area contributed by atoms with E-state index in [1.165, 1.54) is 11.3 Å². The van der Waals surface area contributed by atoms with E-state index in [1.54, 1.807) is 0 Å². The van der Waals surface area contributed by atoms with Crippen molar-refractivity contribution in [2.24, 2.45) is 0 Å². The number of aromatic nitrogens is 2. The van der Waals surface area contributed by atoms with E-state index < -0.39 is 0 Å². The van der Waals surface area contributed by atoms with Crippen molar-refractivity contribution in [2.75, 3.05) is 0 Å². The molecule has 1 heterocycles. The SMILES string of the molecule is CCc1ccccc1-n1cc[nH]c1=S. The fourth-order valence-electron chi connectivity index (χ4n) is 1.55. The second-order valence-corrected chi connectivity index (χ2v) is 3.50. The summed E-state index contributed by atoms with van der Waals surface area (Å²) in [5, 5.41) is 0. The summed E-state index contributed by atoms with van der Waals surface area (Å²) >= 11 is 5.18. The summed E-state index contributed by atoms with van der Waals surface area (Å²) in [7, 11) is 0. The van der Waals surface area contributed by atoms with Gasteiger partial charge in [0.15, 0.2) is 4.77 Å². The van der Waals surface area contributed by atoms with Crippen LogP contribution in [0.25, 0.3) is 5.69 Å². The van der Waals surface area contributed by atoms with Crippen molar-refractivity contribution >= 4 is 12.2 Å². The van der Waals surface area contributed by atoms with Gasteiger partial charge in [0.2, 0.25) is 0 Å². The molecule has 1 aromatic carbocycles. The fraction of sp³-hybridized carbons (Fsp3) is 0.182. The first kappa shape index (κ1) is 9.21. The lowest BCUT2D eigenvalue weighted by Crippen LogP contribution is -1.97. The van der Waals surface area contributed by atoms with Gasteiger partial charge in [-0.2, -0.15) is 0 Å². The Bertz CT molecular complexity index is 482. The molecule has 3 heteroatoms. The van der Waals surface area contributed by atoms with Crippen LogP contribution < -0.4 is 0 Å². The summed E-state index contributed by atoms with van der Waals surface area (Å²) in [6, 6.07) is 8.30. The molecule has 0 aliphatic rings. The van der Waals surface area contributed by atoms with Crippen LogP contribution in [0.1, 0.15) is 12.5 Å². The molecule has 0 fully saturated rings. The Morgan fingerprint density at radius 1 is 1.36 bits per heavy atom. The summed E-state index contributed by atoms with van der Waals surface area (Å²) in [5.41, 5.74) is 2.48. The van der Waals surface area contributed by atoms with Crippen LogP contribution in [-0.4, -0.2) is 9.55 Å². The van der Waals surface area contributed by atoms with Gasteiger partial charge in [-0.25, -0.2) is 0 Å². The lowest BCUT2D eigenvalue weighted by atomic mass is 10.1. The Labute approximate surface area is 88.2 Å². The number of aryl methyl sites for hydroxylation is 1. The zero-order valence-corrected chi connectivity index (χ0v) is 8.84. The van der Waals surface area contributed by atoms with Crippen molar-refractivity contribution in [3.8, 4) is 5.69 Å². The number of imidazole rings is 1. The monoisotopic (exact) mass is 204 g/mol. The number of nitrogens with zero attached hydrogens (tertiary/aromatic N) is 1. The smallest absolute Gasteiger partial charge is 0.181 e. The van der Waals surface area contributed by atoms with Crippen LogP contribution in [0, 0.1) is 4.77 Å². The van der Waals surface area contributed by atoms with Gasteiger partial charge in [-0.3, -0.25) is 4.57 Å². The molecule has 2 rings (SSSR count). The summed E-state index contributed by atoms with van der Waals surface area (Å²) in [4.78, 5) is 3.00. The highest BCUT2D eigenvalue weighted by Gasteiger charge is 2.01. The van der Waals surface area contributed by atoms with Crippen LogP contribution in [0.3, 0.4) is 0 Å². The van der Waals surface area contributed by atoms with E-state index in [-0.39, 0.29) is 0 Å². The standard InChI is InChI=1S/C11H12N2S/c1-2-9-5-3-4-6-10(9)13-8-7-12-11(13)14/h3-8H,2H2,1H3,(H,12,14). The molecule has 0 saturated heterocycles. The Morgan fingerprint density at radius 3 is 2.79 bits per heavy atom. The van der Waals surface area contributed by atoms with Crippen molar-refractivity contribution in [3.63, 3.8) is 0 Å². The minimum absolute atomic E-state index is 0.742. The van der Waals surface area contributed by atoms with Gasteiger partial charge >= 0.3 is 0 Å². The van der Waals surface area contributed by atoms with E-state index in [2.05, 4.69) is 30.1 Å². The molecule has 0 atom stereocenters. The molecule has 0 aliphatic heterocycles. The minimum Gasteiger partial charge on any atom is -0.337 e. The predicted octanol–water partition coefficient (Wildman–Crippen LogP) is 3.10. The molecular weight excluding hydrogens is 192 g/mol. The van der Waals surface area contributed by atoms with Gasteiger partial charge in [0.1, 0.15) is 0 Å². The number of benzene rings is 1. The first-order valence-electron chi connectivity index (χ1n) is 4.67. The minimum atomic E-state index is 0.742. The Morgan fingerprint density at radius 2 is 2.14 bits per heavy atom. The first-order valence-corrected chi connectivity index (χ1v) is 5.08. The summed E-state index contributed by atoms with van der Waals surface area (Å²) in [6.07, 6.45) is 4.83. The Kier molecular flexibility index (Phi) is 2.50. The van der Waals surface area contributed by atoms with Gasteiger partial charge in [-0.05, 0) is 30.3 Å². The number of H-pyrrole nitrogens is 1. The third-order valence-electron chi connectivity index (χ3n) is 2.28. The maximum atomic E-state index is 5.18. The van der Waals surface area contributed by atoms with Crippen LogP contribution in [0.5, 0.6) is 0 Å². The molecule has 1 aromatic heterocycles. The summed E-state index contributed by atoms with van der Waals surface area (Å²) in [5.74, 6) is 0. The Balaban J connectivity index is 2.62. The molecule has 0 aliphatic carbocycles. The van der Waals surface area contributed by atoms with Crippen molar-refractivity contribution < 1.29 is 0 Å². The highest BCUT2D eigenvalue weighted by atomic mass is 32.1. The van der Waals surface area contributed by atoms with Crippen LogP contribution >= 0.6 is 12.2 Å². The van der Waals surface area contributed by atoms with Gasteiger partial charge in [0, 0.05) is 12.4 Å². The molecule has 0 saturated carbocycles. The molecular formula is C11H12N2S. The maximum absolute atomic E-state index is 5.18. The molecule has 1 N–H and O–H groups in total. The zero-order chi connectivity index (χ0) is 9.97. The van der Waals surface area contributed by atoms with Crippen molar-refractivity contribution in [2.45, 2.75) is 13.3 Å². The molecule has 0 bridgehead atoms. The van der Waals surface area contributed by atoms with Crippen molar-refractivity contribution in [1.29, 1.82) is 0 Å². The quantitative estimate of drug-likeness (QED) is 0.745. The van der Waals surface area contributed by atoms with E-state index in [9.17, 15) is 0 Å². The molecule has 0 unspecified atom stereocenters. The van der Waals surface area contributed by atoms with Crippen LogP contribution in [0.15, 0.2) is 36.7 Å². The zero-order valence-electron chi connectivity index (χ0n) is 8.03. The number of nitrogens with one attached hydrogen (secondary N) is 1. The average Bonchev–Trinajstić information content (AvgIpc) is 2.64. The number of aromatic amines is 1. The van der Waals surface area contributed by atoms with Gasteiger partial charge in [0.25, 0.3) is 0 Å². The maximum Gasteiger partial charge on any atom is 0.181 e. The van der Waals surface area contributed by atoms with E-state index in [0.29, 0.717) is 0 Å². The highest BCUT2D eigenvalue weighted by Crippen LogP contribution is 2.14. The lowest BCUT2D eigenvalue weighted by molar-refractivity contribution is 0.987. The third-order valence-corrected chi connectivity index (χ3v) is 2.60. The molecule has 14 heavy (non-hydrogen) atoms. The summed E-state index contributed by atoms with van der Waals surface area (Å²) < 4.78 is 2.74. The van der Waals surface area contributed by atoms with Gasteiger partial charge < -0.3 is 4.98 Å². The molecule has 0 amide bonds. The normalized spacial score (nSPS) is 10.4. The van der Waals surface area contributed by atoms with Crippen LogP contribution in [0.2, 0.25) is 0 Å². The number of hydrogen-bond donors (Lipinski definition) is 1. The van der Waals surface area contributed by atoms with Crippen molar-refractivity contribution in [1.82, 2.24) is 9.55 Å². The molecule has 72 valence electrons. The van der Waals surface area contributed by atoms with Gasteiger partial charge in [-0.15, -0.1) is 0 Å². The lowest BCUT2D eigenvalue weighted by Gasteiger charge is -2.07. The van der Waals surface area contributed by atoms with E-state index in [1.807, 2.05) is 23.0 Å². The van der Waals surface area contributed by atoms with Crippen LogP contribution in [0.4, 0.5) is 0 Å². The second-order valence-electron chi connectivity index (χ2n) is 3.12. The number of hydrogen-bond acceptors (Lipinski definition) is 1.